The number of carbonyl (C=O) groups is 2. The van der Waals surface area contributed by atoms with E-state index >= 15 is 0 Å². The first kappa shape index (κ1) is 17.5. The number of benzene rings is 2. The van der Waals surface area contributed by atoms with E-state index in [4.69, 9.17) is 4.74 Å². The van der Waals surface area contributed by atoms with Gasteiger partial charge in [0.05, 0.1) is 7.11 Å². The third-order valence-electron chi connectivity index (χ3n) is 3.72. The highest BCUT2D eigenvalue weighted by Crippen LogP contribution is 2.20. The zero-order valence-electron chi connectivity index (χ0n) is 14.2. The summed E-state index contributed by atoms with van der Waals surface area (Å²) in [6, 6.07) is 14.8. The topological polar surface area (TPSA) is 58.6 Å². The summed E-state index contributed by atoms with van der Waals surface area (Å²) in [4.78, 5) is 25.7. The Kier molecular flexibility index (Phi) is 5.95. The molecule has 2 aromatic rings. The maximum absolute atomic E-state index is 12.1. The van der Waals surface area contributed by atoms with Gasteiger partial charge >= 0.3 is 0 Å². The molecule has 0 saturated heterocycles. The van der Waals surface area contributed by atoms with Crippen molar-refractivity contribution in [2.45, 2.75) is 20.3 Å². The van der Waals surface area contributed by atoms with Crippen molar-refractivity contribution in [1.82, 2.24) is 0 Å². The molecule has 0 aliphatic heterocycles. The number of anilines is 2. The Morgan fingerprint density at radius 2 is 1.75 bits per heavy atom. The fourth-order valence-electron chi connectivity index (χ4n) is 2.42. The molecule has 0 aromatic heterocycles. The minimum absolute atomic E-state index is 0.0819. The van der Waals surface area contributed by atoms with E-state index in [1.54, 1.807) is 36.3 Å². The van der Waals surface area contributed by atoms with Crippen LogP contribution >= 0.6 is 0 Å². The molecular weight excluding hydrogens is 304 g/mol. The molecule has 0 radical (unpaired) electrons. The van der Waals surface area contributed by atoms with E-state index in [0.717, 1.165) is 17.0 Å². The number of nitrogens with zero attached hydrogens (tertiary/aromatic N) is 1. The zero-order chi connectivity index (χ0) is 17.5. The van der Waals surface area contributed by atoms with Crippen LogP contribution in [0.25, 0.3) is 0 Å². The molecule has 1 N–H and O–H groups in total. The summed E-state index contributed by atoms with van der Waals surface area (Å²) in [6.45, 7) is 3.79. The van der Waals surface area contributed by atoms with Crippen molar-refractivity contribution in [2.24, 2.45) is 0 Å². The highest BCUT2D eigenvalue weighted by atomic mass is 16.5. The number of amides is 2. The fourth-order valence-corrected chi connectivity index (χ4v) is 2.42. The number of hydrogen-bond acceptors (Lipinski definition) is 3. The lowest BCUT2D eigenvalue weighted by Crippen LogP contribution is -2.32. The monoisotopic (exact) mass is 326 g/mol. The van der Waals surface area contributed by atoms with Crippen molar-refractivity contribution < 1.29 is 14.3 Å². The Morgan fingerprint density at radius 1 is 1.08 bits per heavy atom. The molecule has 2 rings (SSSR count). The maximum atomic E-state index is 12.1. The van der Waals surface area contributed by atoms with Crippen molar-refractivity contribution in [3.63, 3.8) is 0 Å². The van der Waals surface area contributed by atoms with Crippen LogP contribution in [0.5, 0.6) is 5.75 Å². The molecule has 0 unspecified atom stereocenters. The Balaban J connectivity index is 1.97. The van der Waals surface area contributed by atoms with E-state index in [-0.39, 0.29) is 18.2 Å². The molecule has 0 heterocycles. The van der Waals surface area contributed by atoms with Gasteiger partial charge in [-0.25, -0.2) is 0 Å². The molecule has 126 valence electrons. The SMILES string of the molecule is COc1ccc(NC(=O)CCN(C(C)=O)c2ccccc2C)cc1. The van der Waals surface area contributed by atoms with Gasteiger partial charge in [0.15, 0.2) is 0 Å². The van der Waals surface area contributed by atoms with E-state index in [0.29, 0.717) is 12.2 Å². The molecule has 0 atom stereocenters. The summed E-state index contributed by atoms with van der Waals surface area (Å²) < 4.78 is 5.08. The van der Waals surface area contributed by atoms with Crippen molar-refractivity contribution in [3.8, 4) is 5.75 Å². The number of ether oxygens (including phenoxy) is 1. The Labute approximate surface area is 142 Å². The molecule has 0 aliphatic carbocycles. The summed E-state index contributed by atoms with van der Waals surface area (Å²) in [5.74, 6) is 0.511. The summed E-state index contributed by atoms with van der Waals surface area (Å²) in [7, 11) is 1.59. The van der Waals surface area contributed by atoms with Crippen molar-refractivity contribution in [3.05, 3.63) is 54.1 Å². The van der Waals surface area contributed by atoms with Crippen LogP contribution in [-0.2, 0) is 9.59 Å². The number of hydrogen-bond donors (Lipinski definition) is 1. The van der Waals surface area contributed by atoms with Gasteiger partial charge in [0, 0.05) is 31.3 Å². The van der Waals surface area contributed by atoms with Gasteiger partial charge in [-0.15, -0.1) is 0 Å². The van der Waals surface area contributed by atoms with Crippen LogP contribution < -0.4 is 15.0 Å². The Morgan fingerprint density at radius 3 is 2.33 bits per heavy atom. The number of carbonyl (C=O) groups excluding carboxylic acids is 2. The van der Waals surface area contributed by atoms with E-state index in [1.807, 2.05) is 31.2 Å². The molecule has 0 fully saturated rings. The largest absolute Gasteiger partial charge is 0.497 e. The molecular formula is C19H22N2O3. The quantitative estimate of drug-likeness (QED) is 0.885. The Bertz CT molecular complexity index is 711. The molecule has 24 heavy (non-hydrogen) atoms. The number of rotatable bonds is 6. The normalized spacial score (nSPS) is 10.1. The number of methoxy groups -OCH3 is 1. The van der Waals surface area contributed by atoms with E-state index < -0.39 is 0 Å². The van der Waals surface area contributed by atoms with Crippen molar-refractivity contribution in [2.75, 3.05) is 23.9 Å². The predicted octanol–water partition coefficient (Wildman–Crippen LogP) is 3.39. The Hall–Kier alpha value is -2.82. The molecule has 5 heteroatoms. The molecule has 2 amide bonds. The van der Waals surface area contributed by atoms with Gasteiger partial charge < -0.3 is 15.0 Å². The lowest BCUT2D eigenvalue weighted by molar-refractivity contribution is -0.117. The second kappa shape index (κ2) is 8.15. The minimum Gasteiger partial charge on any atom is -0.497 e. The second-order valence-corrected chi connectivity index (χ2v) is 5.48. The van der Waals surface area contributed by atoms with Crippen molar-refractivity contribution in [1.29, 1.82) is 0 Å². The second-order valence-electron chi connectivity index (χ2n) is 5.48. The van der Waals surface area contributed by atoms with Gasteiger partial charge in [0.25, 0.3) is 0 Å². The van der Waals surface area contributed by atoms with Crippen LogP contribution in [0.4, 0.5) is 11.4 Å². The van der Waals surface area contributed by atoms with Crippen LogP contribution in [-0.4, -0.2) is 25.5 Å². The van der Waals surface area contributed by atoms with E-state index in [1.165, 1.54) is 6.92 Å². The maximum Gasteiger partial charge on any atom is 0.226 e. The zero-order valence-corrected chi connectivity index (χ0v) is 14.2. The summed E-state index contributed by atoms with van der Waals surface area (Å²) in [6.07, 6.45) is 0.222. The third-order valence-corrected chi connectivity index (χ3v) is 3.72. The smallest absolute Gasteiger partial charge is 0.226 e. The van der Waals surface area contributed by atoms with Gasteiger partial charge in [-0.05, 0) is 42.8 Å². The number of para-hydroxylation sites is 1. The summed E-state index contributed by atoms with van der Waals surface area (Å²) in [5.41, 5.74) is 2.54. The molecule has 5 nitrogen and oxygen atoms in total. The average Bonchev–Trinajstić information content (AvgIpc) is 2.57. The fraction of sp³-hybridized carbons (Fsp3) is 0.263. The van der Waals surface area contributed by atoms with Gasteiger partial charge in [-0.3, -0.25) is 9.59 Å². The molecule has 0 bridgehead atoms. The third kappa shape index (κ3) is 4.59. The molecule has 2 aromatic carbocycles. The van der Waals surface area contributed by atoms with Crippen LogP contribution in [0.1, 0.15) is 18.9 Å². The summed E-state index contributed by atoms with van der Waals surface area (Å²) >= 11 is 0. The first-order valence-corrected chi connectivity index (χ1v) is 7.79. The van der Waals surface area contributed by atoms with Crippen LogP contribution in [0.2, 0.25) is 0 Å². The van der Waals surface area contributed by atoms with Crippen LogP contribution in [0.3, 0.4) is 0 Å². The molecule has 0 saturated carbocycles. The standard InChI is InChI=1S/C19H22N2O3/c1-14-6-4-5-7-18(14)21(15(2)22)13-12-19(23)20-16-8-10-17(24-3)11-9-16/h4-11H,12-13H2,1-3H3,(H,20,23). The predicted molar refractivity (Wildman–Crippen MR) is 95.4 cm³/mol. The van der Waals surface area contributed by atoms with Gasteiger partial charge in [-0.2, -0.15) is 0 Å². The van der Waals surface area contributed by atoms with E-state index in [9.17, 15) is 9.59 Å². The highest BCUT2D eigenvalue weighted by molar-refractivity contribution is 5.95. The lowest BCUT2D eigenvalue weighted by Gasteiger charge is -2.22. The first-order chi connectivity index (χ1) is 11.5. The minimum atomic E-state index is -0.139. The highest BCUT2D eigenvalue weighted by Gasteiger charge is 2.15. The summed E-state index contributed by atoms with van der Waals surface area (Å²) in [5, 5.41) is 2.82. The molecule has 0 aliphatic rings. The lowest BCUT2D eigenvalue weighted by atomic mass is 10.1. The van der Waals surface area contributed by atoms with Gasteiger partial charge in [0.2, 0.25) is 11.8 Å². The van der Waals surface area contributed by atoms with Crippen LogP contribution in [0.15, 0.2) is 48.5 Å². The first-order valence-electron chi connectivity index (χ1n) is 7.79. The molecule has 0 spiro atoms. The average molecular weight is 326 g/mol. The number of aryl methyl sites for hydroxylation is 1. The van der Waals surface area contributed by atoms with E-state index in [2.05, 4.69) is 5.32 Å². The van der Waals surface area contributed by atoms with Gasteiger partial charge in [-0.1, -0.05) is 18.2 Å². The van der Waals surface area contributed by atoms with Gasteiger partial charge in [0.1, 0.15) is 5.75 Å². The number of nitrogens with one attached hydrogen (secondary N) is 1. The van der Waals surface area contributed by atoms with Crippen LogP contribution in [0, 0.1) is 6.92 Å². The van der Waals surface area contributed by atoms with Crippen molar-refractivity contribution >= 4 is 23.2 Å².